The molecule has 122 valence electrons. The quantitative estimate of drug-likeness (QED) is 0.375. The van der Waals surface area contributed by atoms with Crippen LogP contribution in [0.3, 0.4) is 0 Å². The Morgan fingerprint density at radius 2 is 2.05 bits per heavy atom. The molecular weight excluding hydrogens is 282 g/mol. The van der Waals surface area contributed by atoms with Gasteiger partial charge in [-0.3, -0.25) is 4.79 Å². The van der Waals surface area contributed by atoms with Gasteiger partial charge in [0.25, 0.3) is 0 Å². The molecule has 0 radical (unpaired) electrons. The number of rotatable bonds is 3. The van der Waals surface area contributed by atoms with Gasteiger partial charge in [0.05, 0.1) is 18.1 Å². The molecule has 4 fully saturated rings. The van der Waals surface area contributed by atoms with Gasteiger partial charge in [0.2, 0.25) is 0 Å². The second-order valence-electron chi connectivity index (χ2n) is 7.94. The van der Waals surface area contributed by atoms with E-state index >= 15 is 0 Å². The van der Waals surface area contributed by atoms with E-state index in [1.807, 2.05) is 0 Å². The topological polar surface area (TPSA) is 95.3 Å². The van der Waals surface area contributed by atoms with Crippen LogP contribution in [0.4, 0.5) is 0 Å². The van der Waals surface area contributed by atoms with Crippen molar-refractivity contribution in [2.45, 2.75) is 64.7 Å². The van der Waals surface area contributed by atoms with E-state index in [0.717, 1.165) is 6.42 Å². The molecule has 2 bridgehead atoms. The Labute approximate surface area is 130 Å². The van der Waals surface area contributed by atoms with Crippen molar-refractivity contribution in [2.75, 3.05) is 0 Å². The summed E-state index contributed by atoms with van der Waals surface area (Å²) in [5.41, 5.74) is 8.85. The predicted molar refractivity (Wildman–Crippen MR) is 80.7 cm³/mol. The van der Waals surface area contributed by atoms with Gasteiger partial charge in [-0.05, 0) is 54.4 Å². The summed E-state index contributed by atoms with van der Waals surface area (Å²) < 4.78 is 5.77. The molecule has 0 aliphatic heterocycles. The lowest BCUT2D eigenvalue weighted by atomic mass is 9.45. The van der Waals surface area contributed by atoms with Gasteiger partial charge in [-0.25, -0.2) is 0 Å². The fraction of sp³-hybridized carbons (Fsp3) is 0.938. The molecule has 6 heteroatoms. The first-order valence-corrected chi connectivity index (χ1v) is 8.27. The normalized spacial score (nSPS) is 45.5. The van der Waals surface area contributed by atoms with Crippen LogP contribution in [0.15, 0.2) is 5.11 Å². The van der Waals surface area contributed by atoms with Crippen molar-refractivity contribution in [1.82, 2.24) is 0 Å². The van der Waals surface area contributed by atoms with Gasteiger partial charge in [0.1, 0.15) is 6.10 Å². The number of carbonyl (C=O) groups excluding carboxylic acids is 1. The Bertz CT molecular complexity index is 515. The lowest BCUT2D eigenvalue weighted by Crippen LogP contribution is -2.57. The molecule has 0 heterocycles. The first kappa shape index (κ1) is 15.6. The number of ether oxygens (including phenoxy) is 1. The summed E-state index contributed by atoms with van der Waals surface area (Å²) >= 11 is 0. The van der Waals surface area contributed by atoms with E-state index in [2.05, 4.69) is 30.8 Å². The zero-order valence-electron chi connectivity index (χ0n) is 13.5. The standard InChI is InChI=1S/C16H25N3O3/c1-8-11-6-10(16(11,2)3)7-14(8)22-15(21)9-4-12(18-19-17)13(20)5-9/h8-14,20H,4-7H2,1-3H3/t8-,9-,10+,11-,12+,13+,14-/m0/s1. The number of carbonyl (C=O) groups is 1. The first-order valence-electron chi connectivity index (χ1n) is 8.27. The maximum Gasteiger partial charge on any atom is 0.309 e. The second-order valence-corrected chi connectivity index (χ2v) is 7.94. The molecule has 7 atom stereocenters. The highest BCUT2D eigenvalue weighted by molar-refractivity contribution is 5.73. The van der Waals surface area contributed by atoms with Gasteiger partial charge in [0.15, 0.2) is 0 Å². The molecule has 0 aromatic carbocycles. The minimum Gasteiger partial charge on any atom is -0.462 e. The lowest BCUT2D eigenvalue weighted by Gasteiger charge is -2.61. The molecule has 0 aromatic heterocycles. The van der Waals surface area contributed by atoms with E-state index in [1.54, 1.807) is 0 Å². The third-order valence-electron chi connectivity index (χ3n) is 6.58. The van der Waals surface area contributed by atoms with Crippen LogP contribution >= 0.6 is 0 Å². The van der Waals surface area contributed by atoms with E-state index in [1.165, 1.54) is 6.42 Å². The van der Waals surface area contributed by atoms with Gasteiger partial charge in [-0.2, -0.15) is 0 Å². The number of aliphatic hydroxyl groups excluding tert-OH is 1. The average molecular weight is 307 g/mol. The Morgan fingerprint density at radius 1 is 1.32 bits per heavy atom. The van der Waals surface area contributed by atoms with Crippen molar-refractivity contribution < 1.29 is 14.6 Å². The third-order valence-corrected chi connectivity index (χ3v) is 6.58. The van der Waals surface area contributed by atoms with Gasteiger partial charge in [-0.1, -0.05) is 25.9 Å². The zero-order valence-corrected chi connectivity index (χ0v) is 13.5. The van der Waals surface area contributed by atoms with Crippen LogP contribution in [-0.4, -0.2) is 29.3 Å². The minimum atomic E-state index is -0.732. The largest absolute Gasteiger partial charge is 0.462 e. The summed E-state index contributed by atoms with van der Waals surface area (Å²) in [6.07, 6.45) is 2.20. The highest BCUT2D eigenvalue weighted by Crippen LogP contribution is 2.61. The van der Waals surface area contributed by atoms with Crippen molar-refractivity contribution in [2.24, 2.45) is 34.2 Å². The molecule has 4 saturated carbocycles. The van der Waals surface area contributed by atoms with E-state index in [0.29, 0.717) is 36.0 Å². The molecule has 6 nitrogen and oxygen atoms in total. The van der Waals surface area contributed by atoms with Crippen molar-refractivity contribution in [3.63, 3.8) is 0 Å². The molecule has 4 rings (SSSR count). The number of aliphatic hydroxyl groups is 1. The maximum atomic E-state index is 12.4. The predicted octanol–water partition coefficient (Wildman–Crippen LogP) is 3.05. The number of azide groups is 1. The molecule has 4 aliphatic carbocycles. The van der Waals surface area contributed by atoms with Gasteiger partial charge in [-0.15, -0.1) is 0 Å². The van der Waals surface area contributed by atoms with Crippen molar-refractivity contribution in [3.8, 4) is 0 Å². The van der Waals surface area contributed by atoms with Crippen LogP contribution in [-0.2, 0) is 9.53 Å². The van der Waals surface area contributed by atoms with Crippen LogP contribution < -0.4 is 0 Å². The van der Waals surface area contributed by atoms with E-state index in [4.69, 9.17) is 10.3 Å². The van der Waals surface area contributed by atoms with Crippen LogP contribution in [0.5, 0.6) is 0 Å². The Balaban J connectivity index is 1.58. The number of fused-ring (bicyclic) bond motifs is 2. The number of nitrogens with zero attached hydrogens (tertiary/aromatic N) is 3. The van der Waals surface area contributed by atoms with E-state index in [-0.39, 0.29) is 18.0 Å². The van der Waals surface area contributed by atoms with Gasteiger partial charge >= 0.3 is 5.97 Å². The summed E-state index contributed by atoms with van der Waals surface area (Å²) in [5, 5.41) is 13.4. The smallest absolute Gasteiger partial charge is 0.309 e. The van der Waals surface area contributed by atoms with E-state index in [9.17, 15) is 9.90 Å². The lowest BCUT2D eigenvalue weighted by molar-refractivity contribution is -0.189. The Kier molecular flexibility index (Phi) is 3.86. The second kappa shape index (κ2) is 5.43. The van der Waals surface area contributed by atoms with Crippen LogP contribution in [0.25, 0.3) is 10.4 Å². The molecule has 0 saturated heterocycles. The SMILES string of the molecule is C[C@@H]1[C@@H](OC(=O)[C@@H]2C[C@@H](O)[C@H](N=[N+]=[N-])C2)C[C@H]2C[C@@H]1C2(C)C. The zero-order chi connectivity index (χ0) is 16.1. The molecule has 4 aliphatic rings. The summed E-state index contributed by atoms with van der Waals surface area (Å²) in [7, 11) is 0. The van der Waals surface area contributed by atoms with Crippen LogP contribution in [0, 0.1) is 29.1 Å². The number of esters is 1. The summed E-state index contributed by atoms with van der Waals surface area (Å²) in [6.45, 7) is 6.82. The highest BCUT2D eigenvalue weighted by Gasteiger charge is 2.57. The average Bonchev–Trinajstić information content (AvgIpc) is 2.82. The molecule has 1 N–H and O–H groups in total. The summed E-state index contributed by atoms with van der Waals surface area (Å²) in [5.74, 6) is 1.10. The Morgan fingerprint density at radius 3 is 2.64 bits per heavy atom. The van der Waals surface area contributed by atoms with Gasteiger partial charge in [0, 0.05) is 4.91 Å². The van der Waals surface area contributed by atoms with Gasteiger partial charge < -0.3 is 9.84 Å². The molecule has 22 heavy (non-hydrogen) atoms. The number of hydrogen-bond acceptors (Lipinski definition) is 4. The summed E-state index contributed by atoms with van der Waals surface area (Å²) in [6, 6.07) is -0.501. The van der Waals surface area contributed by atoms with Crippen molar-refractivity contribution >= 4 is 5.97 Å². The number of hydrogen-bond donors (Lipinski definition) is 1. The fourth-order valence-electron chi connectivity index (χ4n) is 4.88. The molecular formula is C16H25N3O3. The minimum absolute atomic E-state index is 0.0000593. The Hall–Kier alpha value is -1.26. The molecule has 0 spiro atoms. The highest BCUT2D eigenvalue weighted by atomic mass is 16.5. The molecule has 0 aromatic rings. The van der Waals surface area contributed by atoms with Crippen LogP contribution in [0.2, 0.25) is 0 Å². The van der Waals surface area contributed by atoms with Crippen molar-refractivity contribution in [3.05, 3.63) is 10.4 Å². The van der Waals surface area contributed by atoms with Crippen LogP contribution in [0.1, 0.15) is 46.5 Å². The first-order chi connectivity index (χ1) is 10.3. The molecule has 0 unspecified atom stereocenters. The van der Waals surface area contributed by atoms with Crippen molar-refractivity contribution in [1.29, 1.82) is 0 Å². The van der Waals surface area contributed by atoms with E-state index < -0.39 is 12.1 Å². The third kappa shape index (κ3) is 2.38. The fourth-order valence-corrected chi connectivity index (χ4v) is 4.88. The summed E-state index contributed by atoms with van der Waals surface area (Å²) in [4.78, 5) is 15.1. The maximum absolute atomic E-state index is 12.4. The molecule has 0 amide bonds. The monoisotopic (exact) mass is 307 g/mol.